The minimum absolute atomic E-state index is 0.0103. The average Bonchev–Trinajstić information content (AvgIpc) is 3.04. The van der Waals surface area contributed by atoms with Crippen molar-refractivity contribution >= 4 is 34.8 Å². The van der Waals surface area contributed by atoms with Gasteiger partial charge in [0.15, 0.2) is 6.61 Å². The summed E-state index contributed by atoms with van der Waals surface area (Å²) in [6.45, 7) is 6.26. The Morgan fingerprint density at radius 1 is 1.07 bits per heavy atom. The van der Waals surface area contributed by atoms with Crippen LogP contribution in [0.25, 0.3) is 0 Å². The Morgan fingerprint density at radius 2 is 1.71 bits per heavy atom. The molecule has 2 aromatic rings. The van der Waals surface area contributed by atoms with E-state index in [1.807, 2.05) is 48.4 Å². The third-order valence-corrected chi connectivity index (χ3v) is 6.35. The fourth-order valence-corrected chi connectivity index (χ4v) is 4.12. The fourth-order valence-electron chi connectivity index (χ4n) is 3.32. The van der Waals surface area contributed by atoms with Crippen LogP contribution >= 0.6 is 22.9 Å². The molecule has 5 nitrogen and oxygen atoms in total. The maximum Gasteiger partial charge on any atom is 0.260 e. The van der Waals surface area contributed by atoms with Crippen molar-refractivity contribution in [3.63, 3.8) is 0 Å². The quantitative estimate of drug-likeness (QED) is 0.741. The van der Waals surface area contributed by atoms with E-state index < -0.39 is 0 Å². The number of benzene rings is 1. The van der Waals surface area contributed by atoms with Crippen LogP contribution in [-0.4, -0.2) is 54.4 Å². The highest BCUT2D eigenvalue weighted by atomic mass is 35.5. The van der Waals surface area contributed by atoms with E-state index in [1.54, 1.807) is 16.2 Å². The molecule has 0 N–H and O–H groups in total. The van der Waals surface area contributed by atoms with Crippen LogP contribution in [0.3, 0.4) is 0 Å². The number of thiophene rings is 1. The number of hydrogen-bond donors (Lipinski definition) is 0. The molecule has 3 rings (SSSR count). The Bertz CT molecular complexity index is 815. The van der Waals surface area contributed by atoms with E-state index in [1.165, 1.54) is 0 Å². The number of ether oxygens (including phenoxy) is 1. The van der Waals surface area contributed by atoms with E-state index >= 15 is 0 Å². The van der Waals surface area contributed by atoms with Crippen LogP contribution in [0.4, 0.5) is 0 Å². The predicted molar refractivity (Wildman–Crippen MR) is 112 cm³/mol. The van der Waals surface area contributed by atoms with Crippen molar-refractivity contribution in [1.82, 2.24) is 9.80 Å². The summed E-state index contributed by atoms with van der Waals surface area (Å²) in [6.07, 6.45) is 1.21. The molecule has 28 heavy (non-hydrogen) atoms. The fraction of sp³-hybridized carbons (Fsp3) is 0.429. The Morgan fingerprint density at radius 3 is 2.32 bits per heavy atom. The molecule has 0 radical (unpaired) electrons. The lowest BCUT2D eigenvalue weighted by atomic mass is 10.1. The van der Waals surface area contributed by atoms with Crippen LogP contribution in [-0.2, 0) is 16.0 Å². The third-order valence-electron chi connectivity index (χ3n) is 4.88. The minimum atomic E-state index is -0.0576. The molecule has 1 aliphatic rings. The summed E-state index contributed by atoms with van der Waals surface area (Å²) in [5.74, 6) is 0.716. The lowest BCUT2D eigenvalue weighted by Crippen LogP contribution is -2.39. The second-order valence-corrected chi connectivity index (χ2v) is 8.44. The first kappa shape index (κ1) is 20.7. The van der Waals surface area contributed by atoms with Gasteiger partial charge in [0.1, 0.15) is 5.75 Å². The molecule has 2 heterocycles. The molecule has 0 saturated carbocycles. The first-order chi connectivity index (χ1) is 13.4. The van der Waals surface area contributed by atoms with Gasteiger partial charge in [0, 0.05) is 36.1 Å². The summed E-state index contributed by atoms with van der Waals surface area (Å²) < 4.78 is 5.69. The van der Waals surface area contributed by atoms with E-state index in [2.05, 4.69) is 0 Å². The predicted octanol–water partition coefficient (Wildman–Crippen LogP) is 3.70. The monoisotopic (exact) mass is 420 g/mol. The summed E-state index contributed by atoms with van der Waals surface area (Å²) in [4.78, 5) is 29.8. The SMILES string of the molecule is Cc1cc(OCC(=O)N2CCCN(C(=O)Cc3cccs3)CC2)cc(C)c1Cl. The highest BCUT2D eigenvalue weighted by molar-refractivity contribution is 7.10. The summed E-state index contributed by atoms with van der Waals surface area (Å²) in [5, 5.41) is 2.70. The van der Waals surface area contributed by atoms with Crippen molar-refractivity contribution < 1.29 is 14.3 Å². The molecule has 2 amide bonds. The molecule has 0 spiro atoms. The molecular weight excluding hydrogens is 396 g/mol. The van der Waals surface area contributed by atoms with Crippen molar-refractivity contribution in [1.29, 1.82) is 0 Å². The molecule has 0 aliphatic carbocycles. The average molecular weight is 421 g/mol. The van der Waals surface area contributed by atoms with E-state index in [-0.39, 0.29) is 18.4 Å². The second kappa shape index (κ2) is 9.43. The molecule has 1 saturated heterocycles. The van der Waals surface area contributed by atoms with E-state index in [4.69, 9.17) is 16.3 Å². The van der Waals surface area contributed by atoms with Gasteiger partial charge >= 0.3 is 0 Å². The smallest absolute Gasteiger partial charge is 0.260 e. The number of carbonyl (C=O) groups is 2. The van der Waals surface area contributed by atoms with Crippen LogP contribution in [0, 0.1) is 13.8 Å². The number of halogens is 1. The Labute approximate surface area is 174 Å². The molecule has 1 aliphatic heterocycles. The topological polar surface area (TPSA) is 49.9 Å². The van der Waals surface area contributed by atoms with Gasteiger partial charge in [0.05, 0.1) is 6.42 Å². The third kappa shape index (κ3) is 5.26. The lowest BCUT2D eigenvalue weighted by Gasteiger charge is -2.22. The van der Waals surface area contributed by atoms with Crippen LogP contribution in [0.2, 0.25) is 5.02 Å². The highest BCUT2D eigenvalue weighted by Crippen LogP contribution is 2.25. The van der Waals surface area contributed by atoms with Crippen LogP contribution in [0.5, 0.6) is 5.75 Å². The number of rotatable bonds is 5. The zero-order valence-corrected chi connectivity index (χ0v) is 17.8. The molecule has 1 aromatic carbocycles. The number of nitrogens with zero attached hydrogens (tertiary/aromatic N) is 2. The molecule has 0 atom stereocenters. The summed E-state index contributed by atoms with van der Waals surface area (Å²) in [7, 11) is 0. The van der Waals surface area contributed by atoms with Gasteiger partial charge in [0.2, 0.25) is 5.91 Å². The van der Waals surface area contributed by atoms with Crippen molar-refractivity contribution in [2.75, 3.05) is 32.8 Å². The first-order valence-electron chi connectivity index (χ1n) is 9.41. The van der Waals surface area contributed by atoms with Gasteiger partial charge in [-0.2, -0.15) is 0 Å². The Kier molecular flexibility index (Phi) is 6.97. The molecule has 7 heteroatoms. The zero-order valence-electron chi connectivity index (χ0n) is 16.2. The standard InChI is InChI=1S/C21H25ClN2O3S/c1-15-11-17(12-16(2)21(15)22)27-14-20(26)24-7-4-6-23(8-9-24)19(25)13-18-5-3-10-28-18/h3,5,10-12H,4,6-9,13-14H2,1-2H3. The largest absolute Gasteiger partial charge is 0.484 e. The zero-order chi connectivity index (χ0) is 20.1. The molecule has 1 aromatic heterocycles. The van der Waals surface area contributed by atoms with Gasteiger partial charge in [-0.1, -0.05) is 17.7 Å². The van der Waals surface area contributed by atoms with Gasteiger partial charge < -0.3 is 14.5 Å². The minimum Gasteiger partial charge on any atom is -0.484 e. The van der Waals surface area contributed by atoms with Crippen molar-refractivity contribution in [3.05, 3.63) is 50.7 Å². The first-order valence-corrected chi connectivity index (χ1v) is 10.7. The van der Waals surface area contributed by atoms with Gasteiger partial charge in [-0.25, -0.2) is 0 Å². The summed E-state index contributed by atoms with van der Waals surface area (Å²) in [5.41, 5.74) is 1.86. The number of aryl methyl sites for hydroxylation is 2. The highest BCUT2D eigenvalue weighted by Gasteiger charge is 2.22. The maximum atomic E-state index is 12.6. The van der Waals surface area contributed by atoms with E-state index in [0.29, 0.717) is 38.3 Å². The molecular formula is C21H25ClN2O3S. The second-order valence-electron chi connectivity index (χ2n) is 7.03. The van der Waals surface area contributed by atoms with Crippen LogP contribution in [0.15, 0.2) is 29.6 Å². The van der Waals surface area contributed by atoms with Crippen molar-refractivity contribution in [3.8, 4) is 5.75 Å². The van der Waals surface area contributed by atoms with Gasteiger partial charge in [-0.3, -0.25) is 9.59 Å². The molecule has 0 unspecified atom stereocenters. The van der Waals surface area contributed by atoms with Crippen molar-refractivity contribution in [2.24, 2.45) is 0 Å². The van der Waals surface area contributed by atoms with Gasteiger partial charge in [-0.15, -0.1) is 11.3 Å². The van der Waals surface area contributed by atoms with Crippen molar-refractivity contribution in [2.45, 2.75) is 26.7 Å². The van der Waals surface area contributed by atoms with E-state index in [9.17, 15) is 9.59 Å². The van der Waals surface area contributed by atoms with E-state index in [0.717, 1.165) is 27.4 Å². The normalized spacial score (nSPS) is 14.7. The van der Waals surface area contributed by atoms with Crippen LogP contribution < -0.4 is 4.74 Å². The van der Waals surface area contributed by atoms with Gasteiger partial charge in [-0.05, 0) is 55.0 Å². The number of hydrogen-bond acceptors (Lipinski definition) is 4. The number of amides is 2. The Hall–Kier alpha value is -2.05. The summed E-state index contributed by atoms with van der Waals surface area (Å²) >= 11 is 7.77. The molecule has 0 bridgehead atoms. The lowest BCUT2D eigenvalue weighted by molar-refractivity contribution is -0.134. The molecule has 1 fully saturated rings. The summed E-state index contributed by atoms with van der Waals surface area (Å²) in [6, 6.07) is 7.62. The van der Waals surface area contributed by atoms with Gasteiger partial charge in [0.25, 0.3) is 5.91 Å². The Balaban J connectivity index is 1.50. The number of carbonyl (C=O) groups excluding carboxylic acids is 2. The molecule has 150 valence electrons. The van der Waals surface area contributed by atoms with Crippen LogP contribution in [0.1, 0.15) is 22.4 Å². The maximum absolute atomic E-state index is 12.6.